The predicted molar refractivity (Wildman–Crippen MR) is 142 cm³/mol. The lowest BCUT2D eigenvalue weighted by atomic mass is 10.0. The maximum atomic E-state index is 13.2. The van der Waals surface area contributed by atoms with E-state index in [0.717, 1.165) is 44.2 Å². The van der Waals surface area contributed by atoms with Crippen molar-refractivity contribution >= 4 is 45.9 Å². The number of nitrogens with zero attached hydrogens (tertiary/aromatic N) is 2. The second-order valence-electron chi connectivity index (χ2n) is 7.66. The van der Waals surface area contributed by atoms with Gasteiger partial charge >= 0.3 is 0 Å². The van der Waals surface area contributed by atoms with Gasteiger partial charge in [-0.05, 0) is 53.6 Å². The molecule has 0 bridgehead atoms. The molecule has 0 spiro atoms. The first-order valence-electron chi connectivity index (χ1n) is 10.9. The largest absolute Gasteiger partial charge is 0.497 e. The predicted octanol–water partition coefficient (Wildman–Crippen LogP) is 6.75. The maximum Gasteiger partial charge on any atom is 0.258 e. The van der Waals surface area contributed by atoms with Gasteiger partial charge in [-0.2, -0.15) is 0 Å². The van der Waals surface area contributed by atoms with Crippen molar-refractivity contribution in [2.75, 3.05) is 24.7 Å². The van der Waals surface area contributed by atoms with Crippen LogP contribution in [0, 0.1) is 0 Å². The molecule has 1 aromatic heterocycles. The summed E-state index contributed by atoms with van der Waals surface area (Å²) in [6, 6.07) is 25.7. The summed E-state index contributed by atoms with van der Waals surface area (Å²) in [6.45, 7) is 0.691. The van der Waals surface area contributed by atoms with E-state index >= 15 is 0 Å². The number of benzene rings is 3. The summed E-state index contributed by atoms with van der Waals surface area (Å²) in [7, 11) is 1.65. The lowest BCUT2D eigenvalue weighted by molar-refractivity contribution is 0.0831. The van der Waals surface area contributed by atoms with Crippen LogP contribution in [0.15, 0.2) is 89.3 Å². The summed E-state index contributed by atoms with van der Waals surface area (Å²) in [5.74, 6) is 1.70. The minimum atomic E-state index is 0.0164. The van der Waals surface area contributed by atoms with Crippen LogP contribution in [-0.2, 0) is 0 Å². The van der Waals surface area contributed by atoms with Gasteiger partial charge in [0.2, 0.25) is 0 Å². The summed E-state index contributed by atoms with van der Waals surface area (Å²) in [5, 5.41) is 7.04. The molecular weight excluding hydrogens is 462 g/mol. The Morgan fingerprint density at radius 3 is 2.47 bits per heavy atom. The van der Waals surface area contributed by atoms with Crippen molar-refractivity contribution in [3.8, 4) is 16.9 Å². The molecule has 0 unspecified atom stereocenters. The van der Waals surface area contributed by atoms with E-state index in [1.165, 1.54) is 11.3 Å². The summed E-state index contributed by atoms with van der Waals surface area (Å²) in [5.41, 5.74) is 4.71. The number of ether oxygens (including phenoxy) is 1. The normalized spacial score (nSPS) is 14.4. The first-order valence-corrected chi connectivity index (χ1v) is 12.7. The Kier molecular flexibility index (Phi) is 6.65. The molecule has 0 saturated carbocycles. The van der Waals surface area contributed by atoms with Crippen LogP contribution in [0.5, 0.6) is 5.75 Å². The third-order valence-electron chi connectivity index (χ3n) is 5.45. The number of amides is 1. The molecule has 7 heteroatoms. The van der Waals surface area contributed by atoms with Gasteiger partial charge < -0.3 is 15.0 Å². The standard InChI is InChI=1S/C27H23N3O2S2/c1-32-24-13-11-22(12-14-24)28-27-29-23(18-34-27)17-25-30(15-16-33-25)26(31)21-9-7-20(8-10-21)19-5-3-2-4-6-19/h2-14,17-18H,15-16H2,1H3,(H,28,29)/b25-17+. The molecule has 1 fully saturated rings. The lowest BCUT2D eigenvalue weighted by Crippen LogP contribution is -2.26. The van der Waals surface area contributed by atoms with Crippen LogP contribution in [0.1, 0.15) is 16.1 Å². The molecule has 2 heterocycles. The highest BCUT2D eigenvalue weighted by molar-refractivity contribution is 8.03. The van der Waals surface area contributed by atoms with Crippen LogP contribution < -0.4 is 10.1 Å². The highest BCUT2D eigenvalue weighted by atomic mass is 32.2. The fraction of sp³-hybridized carbons (Fsp3) is 0.111. The Morgan fingerprint density at radius 2 is 1.74 bits per heavy atom. The molecule has 1 aliphatic rings. The zero-order valence-corrected chi connectivity index (χ0v) is 20.2. The smallest absolute Gasteiger partial charge is 0.258 e. The Balaban J connectivity index is 1.29. The van der Waals surface area contributed by atoms with Gasteiger partial charge in [-0.1, -0.05) is 42.5 Å². The highest BCUT2D eigenvalue weighted by Gasteiger charge is 2.25. The zero-order valence-electron chi connectivity index (χ0n) is 18.6. The minimum Gasteiger partial charge on any atom is -0.497 e. The molecule has 1 amide bonds. The highest BCUT2D eigenvalue weighted by Crippen LogP contribution is 2.32. The van der Waals surface area contributed by atoms with Crippen LogP contribution >= 0.6 is 23.1 Å². The second kappa shape index (κ2) is 10.2. The molecule has 0 aliphatic carbocycles. The number of rotatable bonds is 6. The molecule has 5 rings (SSSR count). The third-order valence-corrected chi connectivity index (χ3v) is 7.25. The number of hydrogen-bond donors (Lipinski definition) is 1. The number of carbonyl (C=O) groups excluding carboxylic acids is 1. The number of anilines is 2. The summed E-state index contributed by atoms with van der Waals surface area (Å²) < 4.78 is 5.20. The molecule has 170 valence electrons. The van der Waals surface area contributed by atoms with Crippen molar-refractivity contribution in [2.24, 2.45) is 0 Å². The molecule has 4 aromatic rings. The van der Waals surface area contributed by atoms with Crippen molar-refractivity contribution in [1.82, 2.24) is 9.88 Å². The van der Waals surface area contributed by atoms with E-state index in [1.54, 1.807) is 18.9 Å². The molecule has 0 radical (unpaired) electrons. The molecule has 34 heavy (non-hydrogen) atoms. The van der Waals surface area contributed by atoms with Gasteiger partial charge in [0.15, 0.2) is 5.13 Å². The van der Waals surface area contributed by atoms with Crippen LogP contribution in [0.25, 0.3) is 17.2 Å². The third kappa shape index (κ3) is 5.00. The monoisotopic (exact) mass is 485 g/mol. The Morgan fingerprint density at radius 1 is 1.00 bits per heavy atom. The Bertz CT molecular complexity index is 1300. The van der Waals surface area contributed by atoms with Crippen molar-refractivity contribution in [2.45, 2.75) is 0 Å². The van der Waals surface area contributed by atoms with Crippen molar-refractivity contribution in [1.29, 1.82) is 0 Å². The summed E-state index contributed by atoms with van der Waals surface area (Å²) >= 11 is 3.21. The van der Waals surface area contributed by atoms with E-state index < -0.39 is 0 Å². The maximum absolute atomic E-state index is 13.2. The van der Waals surface area contributed by atoms with Gasteiger partial charge in [-0.25, -0.2) is 4.98 Å². The van der Waals surface area contributed by atoms with Gasteiger partial charge in [0.05, 0.1) is 17.8 Å². The number of thiazole rings is 1. The van der Waals surface area contributed by atoms with Gasteiger partial charge in [0, 0.05) is 28.9 Å². The number of aromatic nitrogens is 1. The average Bonchev–Trinajstić information content (AvgIpc) is 3.54. The molecule has 1 N–H and O–H groups in total. The topological polar surface area (TPSA) is 54.5 Å². The fourth-order valence-corrected chi connectivity index (χ4v) is 5.38. The van der Waals surface area contributed by atoms with Gasteiger partial charge in [-0.15, -0.1) is 23.1 Å². The number of carbonyl (C=O) groups is 1. The van der Waals surface area contributed by atoms with E-state index in [1.807, 2.05) is 83.1 Å². The molecule has 3 aromatic carbocycles. The van der Waals surface area contributed by atoms with Gasteiger partial charge in [-0.3, -0.25) is 4.79 Å². The second-order valence-corrected chi connectivity index (χ2v) is 9.64. The number of hydrogen-bond acceptors (Lipinski definition) is 6. The number of nitrogens with one attached hydrogen (secondary N) is 1. The van der Waals surface area contributed by atoms with Crippen LogP contribution in [0.4, 0.5) is 10.8 Å². The van der Waals surface area contributed by atoms with Gasteiger partial charge in [0.1, 0.15) is 5.75 Å². The van der Waals surface area contributed by atoms with Crippen molar-refractivity contribution in [3.05, 3.63) is 101 Å². The molecule has 5 nitrogen and oxygen atoms in total. The van der Waals surface area contributed by atoms with E-state index in [4.69, 9.17) is 4.74 Å². The van der Waals surface area contributed by atoms with Gasteiger partial charge in [0.25, 0.3) is 5.91 Å². The first kappa shape index (κ1) is 22.3. The molecule has 1 aliphatic heterocycles. The van der Waals surface area contributed by atoms with Crippen molar-refractivity contribution < 1.29 is 9.53 Å². The number of methoxy groups -OCH3 is 1. The molecule has 0 atom stereocenters. The SMILES string of the molecule is COc1ccc(Nc2nc(/C=C3/SCCN3C(=O)c3ccc(-c4ccccc4)cc3)cs2)cc1. The van der Waals surface area contributed by atoms with E-state index in [-0.39, 0.29) is 5.91 Å². The lowest BCUT2D eigenvalue weighted by Gasteiger charge is -2.17. The zero-order chi connectivity index (χ0) is 23.3. The first-order chi connectivity index (χ1) is 16.7. The Labute approximate surface area is 207 Å². The van der Waals surface area contributed by atoms with Crippen LogP contribution in [-0.4, -0.2) is 35.2 Å². The fourth-order valence-electron chi connectivity index (χ4n) is 3.68. The van der Waals surface area contributed by atoms with E-state index in [9.17, 15) is 4.79 Å². The van der Waals surface area contributed by atoms with E-state index in [0.29, 0.717) is 12.1 Å². The molecular formula is C27H23N3O2S2. The summed E-state index contributed by atoms with van der Waals surface area (Å²) in [4.78, 5) is 19.7. The summed E-state index contributed by atoms with van der Waals surface area (Å²) in [6.07, 6.45) is 1.99. The van der Waals surface area contributed by atoms with Crippen LogP contribution in [0.3, 0.4) is 0 Å². The molecule has 1 saturated heterocycles. The average molecular weight is 486 g/mol. The number of thioether (sulfide) groups is 1. The van der Waals surface area contributed by atoms with Crippen LogP contribution in [0.2, 0.25) is 0 Å². The van der Waals surface area contributed by atoms with Crippen molar-refractivity contribution in [3.63, 3.8) is 0 Å². The Hall–Kier alpha value is -3.55. The quantitative estimate of drug-likeness (QED) is 0.327. The van der Waals surface area contributed by atoms with E-state index in [2.05, 4.69) is 22.4 Å². The minimum absolute atomic E-state index is 0.0164.